The molecule has 1 fully saturated rings. The molecule has 2 aliphatic rings. The van der Waals surface area contributed by atoms with Gasteiger partial charge in [0, 0.05) is 56.7 Å². The summed E-state index contributed by atoms with van der Waals surface area (Å²) in [6.07, 6.45) is 2.65. The van der Waals surface area contributed by atoms with Gasteiger partial charge >= 0.3 is 0 Å². The Bertz CT molecular complexity index is 886. The summed E-state index contributed by atoms with van der Waals surface area (Å²) in [6.45, 7) is 6.47. The zero-order chi connectivity index (χ0) is 19.5. The number of nitrogens with zero attached hydrogens (tertiary/aromatic N) is 4. The van der Waals surface area contributed by atoms with Crippen LogP contribution >= 0.6 is 12.2 Å². The Morgan fingerprint density at radius 3 is 2.68 bits per heavy atom. The van der Waals surface area contributed by atoms with Gasteiger partial charge in [-0.1, -0.05) is 0 Å². The largest absolute Gasteiger partial charge is 0.399 e. The maximum absolute atomic E-state index is 5.78. The highest BCUT2D eigenvalue weighted by atomic mass is 32.1. The molecule has 1 aromatic carbocycles. The van der Waals surface area contributed by atoms with Crippen molar-refractivity contribution in [3.8, 4) is 0 Å². The van der Waals surface area contributed by atoms with Crippen molar-refractivity contribution in [3.63, 3.8) is 0 Å². The van der Waals surface area contributed by atoms with Crippen molar-refractivity contribution in [3.05, 3.63) is 47.8 Å². The summed E-state index contributed by atoms with van der Waals surface area (Å²) in [5.41, 5.74) is 15.0. The number of benzene rings is 1. The number of aryl methyl sites for hydroxylation is 1. The van der Waals surface area contributed by atoms with Crippen LogP contribution in [0.1, 0.15) is 17.7 Å². The summed E-state index contributed by atoms with van der Waals surface area (Å²) in [5, 5.41) is 8.65. The summed E-state index contributed by atoms with van der Waals surface area (Å²) in [6, 6.07) is 10.0. The summed E-state index contributed by atoms with van der Waals surface area (Å²) < 4.78 is 0. The van der Waals surface area contributed by atoms with Gasteiger partial charge < -0.3 is 20.9 Å². The summed E-state index contributed by atoms with van der Waals surface area (Å²) in [7, 11) is 0. The van der Waals surface area contributed by atoms with Gasteiger partial charge in [0.05, 0.1) is 11.4 Å². The monoisotopic (exact) mass is 395 g/mol. The Morgan fingerprint density at radius 2 is 1.93 bits per heavy atom. The van der Waals surface area contributed by atoms with E-state index in [4.69, 9.17) is 18.0 Å². The van der Waals surface area contributed by atoms with Crippen molar-refractivity contribution in [1.82, 2.24) is 15.3 Å². The van der Waals surface area contributed by atoms with Gasteiger partial charge in [0.2, 0.25) is 0 Å². The molecular weight excluding hydrogens is 370 g/mol. The minimum Gasteiger partial charge on any atom is -0.399 e. The normalized spacial score (nSPS) is 17.8. The summed E-state index contributed by atoms with van der Waals surface area (Å²) in [4.78, 5) is 9.01. The predicted molar refractivity (Wildman–Crippen MR) is 119 cm³/mol. The standard InChI is InChI=1S/C20H25N7S/c1-14-6-8-23-19-17(7-9-22-18(14)19)24-25-20(28)27-12-10-26(11-13-27)16-4-2-15(21)3-5-16/h2-6,8,22H,7,9-13,21H2,1H3,(H,25,28)/b24-17-. The average Bonchev–Trinajstić information content (AvgIpc) is 2.73. The molecule has 0 amide bonds. The number of anilines is 3. The van der Waals surface area contributed by atoms with E-state index in [-0.39, 0.29) is 0 Å². The van der Waals surface area contributed by atoms with E-state index in [0.717, 1.165) is 61.9 Å². The zero-order valence-corrected chi connectivity index (χ0v) is 16.8. The topological polar surface area (TPSA) is 81.8 Å². The van der Waals surface area contributed by atoms with E-state index in [2.05, 4.69) is 49.7 Å². The molecule has 3 heterocycles. The van der Waals surface area contributed by atoms with Gasteiger partial charge in [-0.05, 0) is 55.0 Å². The molecule has 4 rings (SSSR count). The van der Waals surface area contributed by atoms with Crippen LogP contribution in [0.3, 0.4) is 0 Å². The van der Waals surface area contributed by atoms with Crippen molar-refractivity contribution >= 4 is 40.1 Å². The molecule has 0 bridgehead atoms. The van der Waals surface area contributed by atoms with E-state index in [1.165, 1.54) is 11.3 Å². The maximum atomic E-state index is 5.78. The van der Waals surface area contributed by atoms with E-state index in [1.54, 1.807) is 0 Å². The number of hydrogen-bond donors (Lipinski definition) is 3. The number of rotatable bonds is 2. The molecule has 0 unspecified atom stereocenters. The highest BCUT2D eigenvalue weighted by Crippen LogP contribution is 2.23. The third kappa shape index (κ3) is 3.87. The fraction of sp³-hybridized carbons (Fsp3) is 0.350. The summed E-state index contributed by atoms with van der Waals surface area (Å²) in [5.74, 6) is 0. The third-order valence-electron chi connectivity index (χ3n) is 5.21. The van der Waals surface area contributed by atoms with Crippen LogP contribution in [-0.4, -0.2) is 53.4 Å². The second-order valence-electron chi connectivity index (χ2n) is 7.07. The molecule has 1 saturated heterocycles. The number of nitrogens with one attached hydrogen (secondary N) is 2. The van der Waals surface area contributed by atoms with Gasteiger partial charge in [0.25, 0.3) is 0 Å². The van der Waals surface area contributed by atoms with Crippen molar-refractivity contribution < 1.29 is 0 Å². The SMILES string of the molecule is Cc1ccnc2c1NCC/C2=N/NC(=S)N1CCN(c2ccc(N)cc2)CC1. The number of hydrogen-bond acceptors (Lipinski definition) is 6. The van der Waals surface area contributed by atoms with Gasteiger partial charge in [0.1, 0.15) is 5.69 Å². The first-order valence-corrected chi connectivity index (χ1v) is 9.94. The first-order chi connectivity index (χ1) is 13.6. The van der Waals surface area contributed by atoms with E-state index in [9.17, 15) is 0 Å². The van der Waals surface area contributed by atoms with Crippen LogP contribution < -0.4 is 21.4 Å². The van der Waals surface area contributed by atoms with Crippen LogP contribution in [0.15, 0.2) is 41.6 Å². The Kier molecular flexibility index (Phi) is 5.29. The van der Waals surface area contributed by atoms with Crippen LogP contribution in [0.5, 0.6) is 0 Å². The number of piperazine rings is 1. The molecule has 0 spiro atoms. The zero-order valence-electron chi connectivity index (χ0n) is 16.0. The highest BCUT2D eigenvalue weighted by Gasteiger charge is 2.21. The molecule has 8 heteroatoms. The van der Waals surface area contributed by atoms with Crippen molar-refractivity contribution in [2.75, 3.05) is 48.7 Å². The molecule has 0 radical (unpaired) electrons. The molecular formula is C20H25N7S. The molecule has 7 nitrogen and oxygen atoms in total. The Labute approximate surface area is 170 Å². The first kappa shape index (κ1) is 18.5. The lowest BCUT2D eigenvalue weighted by molar-refractivity contribution is 0.381. The smallest absolute Gasteiger partial charge is 0.189 e. The molecule has 146 valence electrons. The van der Waals surface area contributed by atoms with Crippen molar-refractivity contribution in [2.45, 2.75) is 13.3 Å². The Balaban J connectivity index is 1.36. The Hall–Kier alpha value is -2.87. The highest BCUT2D eigenvalue weighted by molar-refractivity contribution is 7.80. The fourth-order valence-electron chi connectivity index (χ4n) is 3.57. The number of aromatic nitrogens is 1. The molecule has 2 aliphatic heterocycles. The van der Waals surface area contributed by atoms with Crippen molar-refractivity contribution in [1.29, 1.82) is 0 Å². The first-order valence-electron chi connectivity index (χ1n) is 9.53. The van der Waals surface area contributed by atoms with Gasteiger partial charge in [-0.25, -0.2) is 0 Å². The second-order valence-corrected chi connectivity index (χ2v) is 7.46. The average molecular weight is 396 g/mol. The number of thiocarbonyl (C=S) groups is 1. The maximum Gasteiger partial charge on any atom is 0.189 e. The van der Waals surface area contributed by atoms with E-state index in [1.807, 2.05) is 24.4 Å². The molecule has 0 aliphatic carbocycles. The lowest BCUT2D eigenvalue weighted by Crippen LogP contribution is -2.51. The van der Waals surface area contributed by atoms with Crippen molar-refractivity contribution in [2.24, 2.45) is 5.10 Å². The molecule has 0 atom stereocenters. The lowest BCUT2D eigenvalue weighted by atomic mass is 10.0. The van der Waals surface area contributed by atoms with Crippen LogP contribution in [-0.2, 0) is 0 Å². The second kappa shape index (κ2) is 8.02. The number of nitrogens with two attached hydrogens (primary N) is 1. The number of nitrogen functional groups attached to an aromatic ring is 1. The van der Waals surface area contributed by atoms with E-state index in [0.29, 0.717) is 5.11 Å². The lowest BCUT2D eigenvalue weighted by Gasteiger charge is -2.37. The minimum atomic E-state index is 0.664. The number of hydrazone groups is 1. The van der Waals surface area contributed by atoms with Crippen LogP contribution in [0.25, 0.3) is 0 Å². The number of fused-ring (bicyclic) bond motifs is 1. The third-order valence-corrected chi connectivity index (χ3v) is 5.56. The number of pyridine rings is 1. The molecule has 4 N–H and O–H groups in total. The van der Waals surface area contributed by atoms with Crippen LogP contribution in [0.4, 0.5) is 17.1 Å². The van der Waals surface area contributed by atoms with Gasteiger partial charge in [-0.2, -0.15) is 5.10 Å². The van der Waals surface area contributed by atoms with E-state index < -0.39 is 0 Å². The molecule has 1 aromatic heterocycles. The van der Waals surface area contributed by atoms with Crippen LogP contribution in [0.2, 0.25) is 0 Å². The molecule has 2 aromatic rings. The van der Waals surface area contributed by atoms with Gasteiger partial charge in [-0.3, -0.25) is 10.4 Å². The predicted octanol–water partition coefficient (Wildman–Crippen LogP) is 2.19. The Morgan fingerprint density at radius 1 is 1.18 bits per heavy atom. The molecule has 0 saturated carbocycles. The molecule has 28 heavy (non-hydrogen) atoms. The van der Waals surface area contributed by atoms with Gasteiger partial charge in [0.15, 0.2) is 5.11 Å². The quantitative estimate of drug-likeness (QED) is 0.408. The summed E-state index contributed by atoms with van der Waals surface area (Å²) >= 11 is 5.58. The van der Waals surface area contributed by atoms with Gasteiger partial charge in [-0.15, -0.1) is 0 Å². The van der Waals surface area contributed by atoms with E-state index >= 15 is 0 Å². The van der Waals surface area contributed by atoms with Crippen LogP contribution in [0, 0.1) is 6.92 Å². The minimum absolute atomic E-state index is 0.664. The fourth-order valence-corrected chi connectivity index (χ4v) is 3.80.